The van der Waals surface area contributed by atoms with Crippen molar-refractivity contribution in [3.63, 3.8) is 0 Å². The van der Waals surface area contributed by atoms with Gasteiger partial charge in [-0.1, -0.05) is 31.4 Å². The number of hydrogen-bond donors (Lipinski definition) is 2. The van der Waals surface area contributed by atoms with Gasteiger partial charge in [0.25, 0.3) is 5.91 Å². The number of esters is 1. The number of amides is 4. The summed E-state index contributed by atoms with van der Waals surface area (Å²) in [6.45, 7) is 1.22. The number of carbonyl (C=O) groups excluding carboxylic acids is 4. The van der Waals surface area contributed by atoms with Crippen molar-refractivity contribution in [2.24, 2.45) is 0 Å². The van der Waals surface area contributed by atoms with Crippen LogP contribution in [0.5, 0.6) is 5.75 Å². The summed E-state index contributed by atoms with van der Waals surface area (Å²) in [7, 11) is 2.88. The Balaban J connectivity index is 1.63. The quantitative estimate of drug-likeness (QED) is 0.467. The molecular formula is C23H31N3O6. The first kappa shape index (κ1) is 23.6. The van der Waals surface area contributed by atoms with Crippen molar-refractivity contribution in [2.75, 3.05) is 20.8 Å². The maximum absolute atomic E-state index is 13.0. The maximum Gasteiger partial charge on any atom is 0.331 e. The van der Waals surface area contributed by atoms with Crippen molar-refractivity contribution in [3.05, 3.63) is 29.8 Å². The van der Waals surface area contributed by atoms with Gasteiger partial charge in [-0.15, -0.1) is 0 Å². The second kappa shape index (κ2) is 9.58. The molecule has 4 amide bonds. The van der Waals surface area contributed by atoms with Gasteiger partial charge >= 0.3 is 12.0 Å². The lowest BCUT2D eigenvalue weighted by Gasteiger charge is -2.35. The van der Waals surface area contributed by atoms with Crippen LogP contribution in [0.3, 0.4) is 0 Å². The first-order chi connectivity index (χ1) is 15.2. The Kier molecular flexibility index (Phi) is 7.06. The number of hydrogen-bond acceptors (Lipinski definition) is 6. The summed E-state index contributed by atoms with van der Waals surface area (Å²) in [5.74, 6) is -0.765. The number of rotatable bonds is 8. The third-order valence-electron chi connectivity index (χ3n) is 6.38. The largest absolute Gasteiger partial charge is 0.497 e. The standard InChI is InChI=1S/C23H31N3O6/c1-22(14-11-16-7-9-17(31-2)10-8-16)19(28)26(21(30)25-22)15-18(27)24-23(20(29)32-3)12-5-4-6-13-23/h7-10H,4-6,11-15H2,1-3H3,(H,24,27)(H,25,30)/t22-/m0/s1. The zero-order chi connectivity index (χ0) is 23.4. The van der Waals surface area contributed by atoms with Crippen molar-refractivity contribution in [1.82, 2.24) is 15.5 Å². The molecule has 0 unspecified atom stereocenters. The van der Waals surface area contributed by atoms with Gasteiger partial charge in [0, 0.05) is 0 Å². The van der Waals surface area contributed by atoms with Crippen molar-refractivity contribution in [1.29, 1.82) is 0 Å². The topological polar surface area (TPSA) is 114 Å². The molecule has 1 aliphatic carbocycles. The van der Waals surface area contributed by atoms with Gasteiger partial charge in [0.1, 0.15) is 23.4 Å². The van der Waals surface area contributed by atoms with Crippen LogP contribution in [0.25, 0.3) is 0 Å². The van der Waals surface area contributed by atoms with E-state index in [0.717, 1.165) is 35.5 Å². The summed E-state index contributed by atoms with van der Waals surface area (Å²) in [4.78, 5) is 51.5. The molecule has 3 rings (SSSR count). The van der Waals surface area contributed by atoms with Gasteiger partial charge in [-0.05, 0) is 50.3 Å². The van der Waals surface area contributed by atoms with Crippen molar-refractivity contribution >= 4 is 23.8 Å². The average Bonchev–Trinajstić information content (AvgIpc) is 3.01. The molecule has 9 heteroatoms. The van der Waals surface area contributed by atoms with Gasteiger partial charge in [-0.25, -0.2) is 9.59 Å². The van der Waals surface area contributed by atoms with Gasteiger partial charge in [0.05, 0.1) is 14.2 Å². The van der Waals surface area contributed by atoms with Gasteiger partial charge < -0.3 is 20.1 Å². The summed E-state index contributed by atoms with van der Waals surface area (Å²) in [5.41, 5.74) is -1.20. The molecule has 0 aromatic heterocycles. The van der Waals surface area contributed by atoms with E-state index in [4.69, 9.17) is 9.47 Å². The van der Waals surface area contributed by atoms with E-state index in [1.165, 1.54) is 7.11 Å². The highest BCUT2D eigenvalue weighted by molar-refractivity contribution is 6.09. The molecule has 1 saturated heterocycles. The molecule has 0 radical (unpaired) electrons. The van der Waals surface area contributed by atoms with Crippen LogP contribution in [0, 0.1) is 0 Å². The van der Waals surface area contributed by atoms with Crippen molar-refractivity contribution < 1.29 is 28.7 Å². The minimum absolute atomic E-state index is 0.383. The van der Waals surface area contributed by atoms with E-state index in [1.807, 2.05) is 24.3 Å². The molecule has 174 valence electrons. The maximum atomic E-state index is 13.0. The lowest BCUT2D eigenvalue weighted by atomic mass is 9.81. The number of carbonyl (C=O) groups is 4. The SMILES string of the molecule is COC(=O)C1(NC(=O)CN2C(=O)N[C@@](C)(CCc3ccc(OC)cc3)C2=O)CCCCC1. The predicted molar refractivity (Wildman–Crippen MR) is 116 cm³/mol. The summed E-state index contributed by atoms with van der Waals surface area (Å²) in [6, 6.07) is 6.88. The molecule has 1 aromatic carbocycles. The molecule has 1 aromatic rings. The molecule has 1 heterocycles. The Morgan fingerprint density at radius 2 is 1.75 bits per heavy atom. The number of nitrogens with one attached hydrogen (secondary N) is 2. The van der Waals surface area contributed by atoms with Crippen LogP contribution >= 0.6 is 0 Å². The molecule has 1 aliphatic heterocycles. The molecule has 32 heavy (non-hydrogen) atoms. The number of benzene rings is 1. The molecular weight excluding hydrogens is 414 g/mol. The molecule has 0 bridgehead atoms. The summed E-state index contributed by atoms with van der Waals surface area (Å²) in [5, 5.41) is 5.46. The van der Waals surface area contributed by atoms with Gasteiger partial charge in [-0.2, -0.15) is 0 Å². The fourth-order valence-corrected chi connectivity index (χ4v) is 4.43. The number of methoxy groups -OCH3 is 2. The van der Waals surface area contributed by atoms with Crippen molar-refractivity contribution in [3.8, 4) is 5.75 Å². The third-order valence-corrected chi connectivity index (χ3v) is 6.38. The van der Waals surface area contributed by atoms with Crippen LogP contribution in [0.1, 0.15) is 51.0 Å². The highest BCUT2D eigenvalue weighted by atomic mass is 16.5. The molecule has 2 fully saturated rings. The van der Waals surface area contributed by atoms with Crippen molar-refractivity contribution in [2.45, 2.75) is 62.9 Å². The Labute approximate surface area is 187 Å². The normalized spacial score (nSPS) is 22.3. The Hall–Kier alpha value is -3.10. The van der Waals surface area contributed by atoms with Gasteiger partial charge in [0.2, 0.25) is 5.91 Å². The number of nitrogens with zero attached hydrogens (tertiary/aromatic N) is 1. The molecule has 2 aliphatic rings. The van der Waals surface area contributed by atoms with E-state index >= 15 is 0 Å². The van der Waals surface area contributed by atoms with Gasteiger partial charge in [-0.3, -0.25) is 14.5 Å². The number of urea groups is 1. The highest BCUT2D eigenvalue weighted by Crippen LogP contribution is 2.30. The second-order valence-corrected chi connectivity index (χ2v) is 8.68. The second-order valence-electron chi connectivity index (χ2n) is 8.68. The monoisotopic (exact) mass is 445 g/mol. The molecule has 9 nitrogen and oxygen atoms in total. The Bertz CT molecular complexity index is 878. The Morgan fingerprint density at radius 3 is 2.34 bits per heavy atom. The van der Waals surface area contributed by atoms with Gasteiger partial charge in [0.15, 0.2) is 0 Å². The van der Waals surface area contributed by atoms with E-state index < -0.39 is 41.4 Å². The number of ether oxygens (including phenoxy) is 2. The summed E-state index contributed by atoms with van der Waals surface area (Å²) in [6.07, 6.45) is 4.47. The molecule has 0 spiro atoms. The minimum Gasteiger partial charge on any atom is -0.497 e. The Morgan fingerprint density at radius 1 is 1.09 bits per heavy atom. The predicted octanol–water partition coefficient (Wildman–Crippen LogP) is 1.93. The number of imide groups is 1. The van der Waals surface area contributed by atoms with Crippen LogP contribution in [0.2, 0.25) is 0 Å². The zero-order valence-electron chi connectivity index (χ0n) is 18.9. The van der Waals surface area contributed by atoms with E-state index in [0.29, 0.717) is 25.7 Å². The van der Waals surface area contributed by atoms with E-state index in [1.54, 1.807) is 14.0 Å². The lowest BCUT2D eigenvalue weighted by molar-refractivity contribution is -0.152. The fourth-order valence-electron chi connectivity index (χ4n) is 4.43. The van der Waals surface area contributed by atoms with Crippen LogP contribution in [-0.4, -0.2) is 60.6 Å². The first-order valence-corrected chi connectivity index (χ1v) is 10.9. The minimum atomic E-state index is -1.11. The molecule has 1 saturated carbocycles. The van der Waals surface area contributed by atoms with Crippen LogP contribution in [-0.2, 0) is 25.5 Å². The average molecular weight is 446 g/mol. The molecule has 1 atom stereocenters. The van der Waals surface area contributed by atoms with E-state index in [9.17, 15) is 19.2 Å². The van der Waals surface area contributed by atoms with Crippen LogP contribution < -0.4 is 15.4 Å². The number of aryl methyl sites for hydroxylation is 1. The first-order valence-electron chi connectivity index (χ1n) is 10.9. The smallest absolute Gasteiger partial charge is 0.331 e. The van der Waals surface area contributed by atoms with Crippen LogP contribution in [0.15, 0.2) is 24.3 Å². The highest BCUT2D eigenvalue weighted by Gasteiger charge is 2.49. The lowest BCUT2D eigenvalue weighted by Crippen LogP contribution is -2.58. The van der Waals surface area contributed by atoms with E-state index in [2.05, 4.69) is 10.6 Å². The van der Waals surface area contributed by atoms with Crippen LogP contribution in [0.4, 0.5) is 4.79 Å². The summed E-state index contributed by atoms with van der Waals surface area (Å²) >= 11 is 0. The zero-order valence-corrected chi connectivity index (χ0v) is 18.9. The molecule has 2 N–H and O–H groups in total. The summed E-state index contributed by atoms with van der Waals surface area (Å²) < 4.78 is 10.1. The fraction of sp³-hybridized carbons (Fsp3) is 0.565. The van der Waals surface area contributed by atoms with E-state index in [-0.39, 0.29) is 0 Å². The third kappa shape index (κ3) is 4.87.